The Balaban J connectivity index is 1.97. The predicted octanol–water partition coefficient (Wildman–Crippen LogP) is 0.909. The van der Waals surface area contributed by atoms with E-state index in [1.54, 1.807) is 0 Å². The third kappa shape index (κ3) is 3.75. The minimum absolute atomic E-state index is 0.00158. The smallest absolute Gasteiger partial charge is 0.276 e. The molecule has 2 rings (SSSR count). The molecule has 0 fully saturated rings. The maximum absolute atomic E-state index is 12.8. The van der Waals surface area contributed by atoms with Gasteiger partial charge in [0.05, 0.1) is 6.54 Å². The van der Waals surface area contributed by atoms with E-state index in [1.807, 2.05) is 0 Å². The van der Waals surface area contributed by atoms with Crippen molar-refractivity contribution in [3.63, 3.8) is 0 Å². The summed E-state index contributed by atoms with van der Waals surface area (Å²) in [6.07, 6.45) is 2.71. The molecule has 22 heavy (non-hydrogen) atoms. The zero-order valence-electron chi connectivity index (χ0n) is 11.8. The fourth-order valence-corrected chi connectivity index (χ4v) is 1.72. The average Bonchev–Trinajstić information content (AvgIpc) is 2.49. The van der Waals surface area contributed by atoms with E-state index in [1.165, 1.54) is 48.6 Å². The molecule has 0 saturated heterocycles. The summed E-state index contributed by atoms with van der Waals surface area (Å²) < 4.78 is 12.8. The summed E-state index contributed by atoms with van der Waals surface area (Å²) >= 11 is 0. The van der Waals surface area contributed by atoms with Gasteiger partial charge in [0, 0.05) is 25.1 Å². The zero-order chi connectivity index (χ0) is 16.1. The number of nitrogens with one attached hydrogen (secondary N) is 1. The van der Waals surface area contributed by atoms with Gasteiger partial charge in [-0.2, -0.15) is 0 Å². The number of anilines is 2. The lowest BCUT2D eigenvalue weighted by atomic mass is 10.3. The summed E-state index contributed by atoms with van der Waals surface area (Å²) in [4.78, 5) is 32.8. The van der Waals surface area contributed by atoms with Crippen LogP contribution in [0.15, 0.2) is 36.7 Å². The van der Waals surface area contributed by atoms with Gasteiger partial charge in [0.25, 0.3) is 5.91 Å². The Morgan fingerprint density at radius 1 is 1.23 bits per heavy atom. The first-order valence-electron chi connectivity index (χ1n) is 6.34. The fourth-order valence-electron chi connectivity index (χ4n) is 1.72. The topological polar surface area (TPSA) is 101 Å². The Hall–Kier alpha value is -3.03. The first-order chi connectivity index (χ1) is 10.5. The van der Waals surface area contributed by atoms with Crippen LogP contribution < -0.4 is 11.1 Å². The summed E-state index contributed by atoms with van der Waals surface area (Å²) in [5.41, 5.74) is 5.99. The highest BCUT2D eigenvalue weighted by Gasteiger charge is 2.19. The quantitative estimate of drug-likeness (QED) is 0.874. The molecule has 0 aliphatic carbocycles. The van der Waals surface area contributed by atoms with Gasteiger partial charge < -0.3 is 16.0 Å². The second kappa shape index (κ2) is 6.61. The third-order valence-electron chi connectivity index (χ3n) is 2.78. The second-order valence-electron chi connectivity index (χ2n) is 4.51. The van der Waals surface area contributed by atoms with Crippen molar-refractivity contribution in [3.8, 4) is 0 Å². The number of rotatable bonds is 4. The van der Waals surface area contributed by atoms with Crippen LogP contribution in [0.3, 0.4) is 0 Å². The Bertz CT molecular complexity index is 690. The van der Waals surface area contributed by atoms with Crippen LogP contribution in [0.25, 0.3) is 0 Å². The van der Waals surface area contributed by atoms with Gasteiger partial charge in [-0.05, 0) is 24.3 Å². The molecule has 1 aromatic heterocycles. The van der Waals surface area contributed by atoms with Gasteiger partial charge in [0.2, 0.25) is 5.91 Å². The van der Waals surface area contributed by atoms with Crippen LogP contribution in [0.1, 0.15) is 10.5 Å². The largest absolute Gasteiger partial charge is 0.382 e. The molecule has 2 aromatic rings. The molecule has 114 valence electrons. The number of carbonyl (C=O) groups excluding carboxylic acids is 2. The molecule has 0 bridgehead atoms. The molecule has 1 aromatic carbocycles. The molecule has 8 heteroatoms. The van der Waals surface area contributed by atoms with Gasteiger partial charge in [0.15, 0.2) is 11.5 Å². The highest BCUT2D eigenvalue weighted by atomic mass is 19.1. The molecule has 0 aliphatic rings. The molecule has 3 N–H and O–H groups in total. The number of halogens is 1. The van der Waals surface area contributed by atoms with Crippen molar-refractivity contribution >= 4 is 23.3 Å². The number of hydrogen-bond donors (Lipinski definition) is 2. The first kappa shape index (κ1) is 15.4. The van der Waals surface area contributed by atoms with Crippen LogP contribution in [0.2, 0.25) is 0 Å². The first-order valence-corrected chi connectivity index (χ1v) is 6.34. The number of aromatic nitrogens is 2. The molecule has 0 radical (unpaired) electrons. The lowest BCUT2D eigenvalue weighted by molar-refractivity contribution is -0.116. The van der Waals surface area contributed by atoms with E-state index in [9.17, 15) is 14.0 Å². The van der Waals surface area contributed by atoms with Crippen molar-refractivity contribution < 1.29 is 14.0 Å². The van der Waals surface area contributed by atoms with Crippen molar-refractivity contribution in [2.75, 3.05) is 24.6 Å². The fraction of sp³-hybridized carbons (Fsp3) is 0.143. The Morgan fingerprint density at radius 2 is 1.86 bits per heavy atom. The molecule has 0 atom stereocenters. The van der Waals surface area contributed by atoms with Crippen LogP contribution in [-0.2, 0) is 4.79 Å². The van der Waals surface area contributed by atoms with Crippen LogP contribution in [0, 0.1) is 5.82 Å². The number of likely N-dealkylation sites (N-methyl/N-ethyl adjacent to an activating group) is 1. The molecular weight excluding hydrogens is 289 g/mol. The van der Waals surface area contributed by atoms with E-state index in [0.29, 0.717) is 5.69 Å². The number of hydrogen-bond acceptors (Lipinski definition) is 5. The normalized spacial score (nSPS) is 10.1. The van der Waals surface area contributed by atoms with E-state index >= 15 is 0 Å². The minimum atomic E-state index is -0.514. The molecule has 0 aliphatic heterocycles. The summed E-state index contributed by atoms with van der Waals surface area (Å²) in [6, 6.07) is 5.31. The number of benzene rings is 1. The Morgan fingerprint density at radius 3 is 2.50 bits per heavy atom. The van der Waals surface area contributed by atoms with Gasteiger partial charge in [-0.1, -0.05) is 0 Å². The van der Waals surface area contributed by atoms with Gasteiger partial charge in [0.1, 0.15) is 5.82 Å². The van der Waals surface area contributed by atoms with Crippen LogP contribution in [-0.4, -0.2) is 40.3 Å². The summed E-state index contributed by atoms with van der Waals surface area (Å²) in [6.45, 7) is -0.202. The van der Waals surface area contributed by atoms with Crippen molar-refractivity contribution in [2.24, 2.45) is 0 Å². The standard InChI is InChI=1S/C14H14FN5O2/c1-20(14(22)12-13(16)18-7-6-17-12)8-11(21)19-10-4-2-9(15)3-5-10/h2-7H,8H2,1H3,(H2,16,18)(H,19,21). The van der Waals surface area contributed by atoms with Crippen molar-refractivity contribution in [2.45, 2.75) is 0 Å². The highest BCUT2D eigenvalue weighted by Crippen LogP contribution is 2.09. The van der Waals surface area contributed by atoms with Crippen molar-refractivity contribution in [1.29, 1.82) is 0 Å². The Kier molecular flexibility index (Phi) is 4.62. The lowest BCUT2D eigenvalue weighted by Gasteiger charge is -2.16. The van der Waals surface area contributed by atoms with E-state index < -0.39 is 17.6 Å². The van der Waals surface area contributed by atoms with E-state index in [4.69, 9.17) is 5.73 Å². The maximum Gasteiger partial charge on any atom is 0.276 e. The van der Waals surface area contributed by atoms with E-state index in [0.717, 1.165) is 0 Å². The molecule has 1 heterocycles. The average molecular weight is 303 g/mol. The van der Waals surface area contributed by atoms with Gasteiger partial charge in [-0.25, -0.2) is 14.4 Å². The van der Waals surface area contributed by atoms with Crippen LogP contribution in [0.4, 0.5) is 15.9 Å². The Labute approximate surface area is 126 Å². The second-order valence-corrected chi connectivity index (χ2v) is 4.51. The maximum atomic E-state index is 12.8. The third-order valence-corrected chi connectivity index (χ3v) is 2.78. The van der Waals surface area contributed by atoms with Crippen molar-refractivity contribution in [1.82, 2.24) is 14.9 Å². The molecule has 2 amide bonds. The van der Waals surface area contributed by atoms with Gasteiger partial charge in [-0.3, -0.25) is 9.59 Å². The number of carbonyl (C=O) groups is 2. The molecule has 0 unspecified atom stereocenters. The highest BCUT2D eigenvalue weighted by molar-refractivity contribution is 6.00. The summed E-state index contributed by atoms with van der Waals surface area (Å²) in [5.74, 6) is -1.34. The van der Waals surface area contributed by atoms with Crippen LogP contribution in [0.5, 0.6) is 0 Å². The minimum Gasteiger partial charge on any atom is -0.382 e. The SMILES string of the molecule is CN(CC(=O)Nc1ccc(F)cc1)C(=O)c1nccnc1N. The molecular formula is C14H14FN5O2. The monoisotopic (exact) mass is 303 g/mol. The summed E-state index contributed by atoms with van der Waals surface area (Å²) in [7, 11) is 1.45. The van der Waals surface area contributed by atoms with Gasteiger partial charge >= 0.3 is 0 Å². The molecule has 7 nitrogen and oxygen atoms in total. The number of nitrogen functional groups attached to an aromatic ring is 1. The molecule has 0 saturated carbocycles. The number of amides is 2. The number of nitrogens with two attached hydrogens (primary N) is 1. The van der Waals surface area contributed by atoms with Gasteiger partial charge in [-0.15, -0.1) is 0 Å². The zero-order valence-corrected chi connectivity index (χ0v) is 11.8. The summed E-state index contributed by atoms with van der Waals surface area (Å²) in [5, 5.41) is 2.55. The number of nitrogens with zero attached hydrogens (tertiary/aromatic N) is 3. The predicted molar refractivity (Wildman–Crippen MR) is 78.4 cm³/mol. The lowest BCUT2D eigenvalue weighted by Crippen LogP contribution is -2.35. The van der Waals surface area contributed by atoms with E-state index in [-0.39, 0.29) is 18.1 Å². The van der Waals surface area contributed by atoms with E-state index in [2.05, 4.69) is 15.3 Å². The van der Waals surface area contributed by atoms with Crippen LogP contribution >= 0.6 is 0 Å². The molecule has 0 spiro atoms. The van der Waals surface area contributed by atoms with Crippen molar-refractivity contribution in [3.05, 3.63) is 48.2 Å².